The van der Waals surface area contributed by atoms with Gasteiger partial charge in [-0.15, -0.1) is 0 Å². The molecule has 0 aromatic rings. The Hall–Kier alpha value is -0.960. The van der Waals surface area contributed by atoms with Gasteiger partial charge >= 0.3 is 11.9 Å². The third-order valence-corrected chi connectivity index (χ3v) is 23.6. The SMILES string of the molecule is C[C@]12CC[C@H](SCCS[C@H]3CC[C@@]4(C)[C@H](CC[C@@H]5[C@@H]4CC[C@]4(C)[C@@H](C6=CC(=O)OC6)CC[C@]54O)C3)C[C@H]1CC[C@@H]1[C@@H]2CC[C@]2(C)[C@@H](C3=CC(=O)OC3)CC[C@]12O. The van der Waals surface area contributed by atoms with Crippen LogP contribution in [0.1, 0.15) is 143 Å². The van der Waals surface area contributed by atoms with Gasteiger partial charge in [0.05, 0.1) is 11.2 Å². The van der Waals surface area contributed by atoms with Crippen molar-refractivity contribution in [2.24, 2.45) is 69.0 Å². The summed E-state index contributed by atoms with van der Waals surface area (Å²) in [4.78, 5) is 23.9. The third kappa shape index (κ3) is 5.61. The molecule has 0 spiro atoms. The summed E-state index contributed by atoms with van der Waals surface area (Å²) in [5, 5.41) is 26.8. The molecular formula is C48H70O6S2. The Balaban J connectivity index is 0.707. The van der Waals surface area contributed by atoms with Crippen LogP contribution in [0.3, 0.4) is 0 Å². The fourth-order valence-electron chi connectivity index (χ4n) is 17.5. The minimum Gasteiger partial charge on any atom is -0.458 e. The lowest BCUT2D eigenvalue weighted by Gasteiger charge is -2.64. The molecule has 0 aromatic heterocycles. The molecule has 0 aromatic carbocycles. The molecule has 56 heavy (non-hydrogen) atoms. The molecule has 16 atom stereocenters. The van der Waals surface area contributed by atoms with Crippen molar-refractivity contribution >= 4 is 35.5 Å². The molecule has 10 rings (SSSR count). The number of cyclic esters (lactones) is 2. The molecule has 0 radical (unpaired) electrons. The lowest BCUT2D eigenvalue weighted by Crippen LogP contribution is -2.62. The van der Waals surface area contributed by atoms with E-state index in [1.807, 2.05) is 0 Å². The lowest BCUT2D eigenvalue weighted by atomic mass is 9.43. The Morgan fingerprint density at radius 2 is 0.982 bits per heavy atom. The summed E-state index contributed by atoms with van der Waals surface area (Å²) in [7, 11) is 0. The molecule has 0 bridgehead atoms. The van der Waals surface area contributed by atoms with Crippen LogP contribution in [0.25, 0.3) is 0 Å². The highest BCUT2D eigenvalue weighted by molar-refractivity contribution is 8.03. The van der Waals surface area contributed by atoms with E-state index in [0.29, 0.717) is 47.7 Å². The summed E-state index contributed by atoms with van der Waals surface area (Å²) in [6, 6.07) is 0. The molecule has 2 aliphatic heterocycles. The Morgan fingerprint density at radius 3 is 1.38 bits per heavy atom. The van der Waals surface area contributed by atoms with Crippen LogP contribution in [0, 0.1) is 69.0 Å². The first-order chi connectivity index (χ1) is 26.7. The number of hydrogen-bond donors (Lipinski definition) is 2. The van der Waals surface area contributed by atoms with Crippen LogP contribution in [0.15, 0.2) is 23.3 Å². The molecule has 6 nitrogen and oxygen atoms in total. The Bertz CT molecular complexity index is 1560. The average Bonchev–Trinajstić information content (AvgIpc) is 3.93. The summed E-state index contributed by atoms with van der Waals surface area (Å²) < 4.78 is 10.7. The van der Waals surface area contributed by atoms with Crippen molar-refractivity contribution in [1.29, 1.82) is 0 Å². The first kappa shape index (κ1) is 39.2. The predicted molar refractivity (Wildman–Crippen MR) is 224 cm³/mol. The van der Waals surface area contributed by atoms with Crippen LogP contribution >= 0.6 is 23.5 Å². The van der Waals surface area contributed by atoms with Crippen molar-refractivity contribution in [3.63, 3.8) is 0 Å². The first-order valence-electron chi connectivity index (χ1n) is 23.1. The first-order valence-corrected chi connectivity index (χ1v) is 25.2. The molecule has 8 heteroatoms. The van der Waals surface area contributed by atoms with Crippen molar-refractivity contribution in [1.82, 2.24) is 0 Å². The van der Waals surface area contributed by atoms with Gasteiger partial charge in [0.2, 0.25) is 0 Å². The van der Waals surface area contributed by atoms with Crippen LogP contribution in [-0.2, 0) is 19.1 Å². The van der Waals surface area contributed by atoms with Gasteiger partial charge in [-0.25, -0.2) is 9.59 Å². The quantitative estimate of drug-likeness (QED) is 0.194. The second kappa shape index (κ2) is 13.8. The van der Waals surface area contributed by atoms with E-state index in [-0.39, 0.29) is 34.6 Å². The van der Waals surface area contributed by atoms with E-state index >= 15 is 0 Å². The molecule has 0 unspecified atom stereocenters. The van der Waals surface area contributed by atoms with E-state index in [1.165, 1.54) is 88.6 Å². The van der Waals surface area contributed by atoms with Gasteiger partial charge in [0.1, 0.15) is 13.2 Å². The van der Waals surface area contributed by atoms with Crippen molar-refractivity contribution in [2.75, 3.05) is 24.7 Å². The highest BCUT2D eigenvalue weighted by atomic mass is 32.2. The van der Waals surface area contributed by atoms with Gasteiger partial charge in [-0.05, 0) is 185 Å². The minimum absolute atomic E-state index is 0.147. The monoisotopic (exact) mass is 806 g/mol. The topological polar surface area (TPSA) is 93.1 Å². The number of thioether (sulfide) groups is 2. The summed E-state index contributed by atoms with van der Waals surface area (Å²) in [5.74, 6) is 6.29. The molecule has 2 heterocycles. The molecule has 8 aliphatic carbocycles. The minimum atomic E-state index is -0.620. The molecule has 8 fully saturated rings. The van der Waals surface area contributed by atoms with Gasteiger partial charge in [0.25, 0.3) is 0 Å². The van der Waals surface area contributed by atoms with Crippen LogP contribution < -0.4 is 0 Å². The summed E-state index contributed by atoms with van der Waals surface area (Å²) in [5.41, 5.74) is 1.43. The summed E-state index contributed by atoms with van der Waals surface area (Å²) in [6.45, 7) is 10.8. The summed E-state index contributed by atoms with van der Waals surface area (Å²) >= 11 is 4.56. The number of carbonyl (C=O) groups is 2. The van der Waals surface area contributed by atoms with Crippen LogP contribution in [0.2, 0.25) is 0 Å². The molecule has 2 N–H and O–H groups in total. The Morgan fingerprint density at radius 1 is 0.554 bits per heavy atom. The summed E-state index contributed by atoms with van der Waals surface area (Å²) in [6.07, 6.45) is 24.7. The average molecular weight is 807 g/mol. The maximum Gasteiger partial charge on any atom is 0.331 e. The maximum atomic E-state index is 12.6. The number of fused-ring (bicyclic) bond motifs is 10. The van der Waals surface area contributed by atoms with Gasteiger partial charge in [-0.2, -0.15) is 23.5 Å². The Kier molecular flexibility index (Phi) is 9.64. The molecule has 0 saturated heterocycles. The smallest absolute Gasteiger partial charge is 0.331 e. The number of aliphatic hydroxyl groups is 2. The third-order valence-electron chi connectivity index (χ3n) is 20.7. The zero-order chi connectivity index (χ0) is 38.9. The predicted octanol–water partition coefficient (Wildman–Crippen LogP) is 9.70. The van der Waals surface area contributed by atoms with Crippen molar-refractivity contribution in [3.05, 3.63) is 23.3 Å². The maximum absolute atomic E-state index is 12.6. The zero-order valence-corrected chi connectivity index (χ0v) is 36.5. The number of carbonyl (C=O) groups excluding carboxylic acids is 2. The van der Waals surface area contributed by atoms with Crippen LogP contribution in [-0.4, -0.2) is 68.6 Å². The van der Waals surface area contributed by atoms with Gasteiger partial charge in [0.15, 0.2) is 0 Å². The lowest BCUT2D eigenvalue weighted by molar-refractivity contribution is -0.203. The second-order valence-corrected chi connectivity index (χ2v) is 24.9. The van der Waals surface area contributed by atoms with Crippen molar-refractivity contribution in [3.8, 4) is 0 Å². The fraction of sp³-hybridized carbons (Fsp3) is 0.875. The highest BCUT2D eigenvalue weighted by Gasteiger charge is 2.69. The van der Waals surface area contributed by atoms with Crippen molar-refractivity contribution in [2.45, 2.75) is 165 Å². The number of ether oxygens (including phenoxy) is 2. The van der Waals surface area contributed by atoms with E-state index in [1.54, 1.807) is 12.2 Å². The molecule has 0 amide bonds. The zero-order valence-electron chi connectivity index (χ0n) is 34.8. The fourth-order valence-corrected chi connectivity index (χ4v) is 20.2. The van der Waals surface area contributed by atoms with Crippen LogP contribution in [0.4, 0.5) is 0 Å². The molecule has 310 valence electrons. The van der Waals surface area contributed by atoms with E-state index in [4.69, 9.17) is 9.47 Å². The van der Waals surface area contributed by atoms with E-state index < -0.39 is 11.2 Å². The molecular weight excluding hydrogens is 737 g/mol. The molecule has 8 saturated carbocycles. The number of esters is 2. The van der Waals surface area contributed by atoms with Crippen LogP contribution in [0.5, 0.6) is 0 Å². The van der Waals surface area contributed by atoms with Gasteiger partial charge < -0.3 is 19.7 Å². The van der Waals surface area contributed by atoms with E-state index in [2.05, 4.69) is 51.2 Å². The van der Waals surface area contributed by atoms with Gasteiger partial charge in [-0.3, -0.25) is 0 Å². The normalized spacial score (nSPS) is 53.4. The second-order valence-electron chi connectivity index (χ2n) is 22.1. The van der Waals surface area contributed by atoms with Crippen molar-refractivity contribution < 1.29 is 29.3 Å². The Labute approximate surface area is 345 Å². The van der Waals surface area contributed by atoms with Gasteiger partial charge in [-0.1, -0.05) is 27.7 Å². The largest absolute Gasteiger partial charge is 0.458 e. The number of rotatable bonds is 7. The highest BCUT2D eigenvalue weighted by Crippen LogP contribution is 2.72. The van der Waals surface area contributed by atoms with E-state index in [9.17, 15) is 19.8 Å². The number of hydrogen-bond acceptors (Lipinski definition) is 8. The van der Waals surface area contributed by atoms with Gasteiger partial charge in [0, 0.05) is 45.0 Å². The molecule has 10 aliphatic rings. The van der Waals surface area contributed by atoms with E-state index in [0.717, 1.165) is 72.0 Å². The standard InChI is InChI=1S/C48H70O6S2/c1-43-15-9-33(25-31(43)5-7-39-37(43)11-17-45(3)35(13-19-47(39,45)51)29-23-41(49)53-27-29)55-21-22-56-34-10-16-44(2)32(26-34)6-8-40-38(44)12-18-46(4)36(14-20-48(40,46)52)30-24-42(50)54-28-30/h23-24,31-40,51-52H,5-22,25-28H2,1-4H3/t31-,32-,33+,34+,35-,36-,37+,38+,39-,40-,43+,44+,45-,46-,47+,48+/m1/s1.